The van der Waals surface area contributed by atoms with E-state index in [0.29, 0.717) is 26.2 Å². The van der Waals surface area contributed by atoms with E-state index in [-0.39, 0.29) is 42.1 Å². The molecule has 3 aromatic rings. The second kappa shape index (κ2) is 10.7. The molecular formula is C29H29NO7. The molecule has 6 rings (SSSR count). The molecular weight excluding hydrogens is 474 g/mol. The Morgan fingerprint density at radius 3 is 2.16 bits per heavy atom. The van der Waals surface area contributed by atoms with Gasteiger partial charge in [-0.1, -0.05) is 60.7 Å². The lowest BCUT2D eigenvalue weighted by Crippen LogP contribution is -2.52. The minimum Gasteiger partial charge on any atom is -0.374 e. The summed E-state index contributed by atoms with van der Waals surface area (Å²) >= 11 is 0. The number of hydrogen-bond donors (Lipinski definition) is 0. The second-order valence-corrected chi connectivity index (χ2v) is 9.74. The maximum Gasteiger partial charge on any atom is 0.269 e. The Morgan fingerprint density at radius 1 is 0.811 bits per heavy atom. The van der Waals surface area contributed by atoms with Crippen molar-refractivity contribution in [3.8, 4) is 0 Å². The van der Waals surface area contributed by atoms with Crippen molar-refractivity contribution < 1.29 is 28.6 Å². The first kappa shape index (κ1) is 24.2. The van der Waals surface area contributed by atoms with Crippen LogP contribution in [-0.2, 0) is 36.9 Å². The van der Waals surface area contributed by atoms with Gasteiger partial charge in [0.05, 0.1) is 37.0 Å². The summed E-state index contributed by atoms with van der Waals surface area (Å²) < 4.78 is 31.8. The van der Waals surface area contributed by atoms with Crippen molar-refractivity contribution in [1.29, 1.82) is 0 Å². The summed E-state index contributed by atoms with van der Waals surface area (Å²) in [6.45, 7) is 1.33. The van der Waals surface area contributed by atoms with Crippen LogP contribution < -0.4 is 0 Å². The molecule has 0 aromatic heterocycles. The van der Waals surface area contributed by atoms with Crippen molar-refractivity contribution >= 4 is 5.69 Å². The number of nitro groups is 1. The van der Waals surface area contributed by atoms with Crippen LogP contribution in [0, 0.1) is 16.0 Å². The number of benzene rings is 3. The summed E-state index contributed by atoms with van der Waals surface area (Å²) in [5.41, 5.74) is 3.14. The largest absolute Gasteiger partial charge is 0.374 e. The van der Waals surface area contributed by atoms with Crippen LogP contribution in [-0.4, -0.2) is 42.2 Å². The first-order valence-corrected chi connectivity index (χ1v) is 12.6. The SMILES string of the molecule is O=[N+]([O-])c1ccc([C@H]2C[C@H]3[C@H]4O[C@@H]([C@H](OCc5ccccc5)[C@H]3O2)[C@@H](COCc2ccccc2)O4)cc1. The molecule has 37 heavy (non-hydrogen) atoms. The van der Waals surface area contributed by atoms with Gasteiger partial charge in [-0.25, -0.2) is 0 Å². The highest BCUT2D eigenvalue weighted by Crippen LogP contribution is 2.49. The van der Waals surface area contributed by atoms with Crippen LogP contribution in [0.4, 0.5) is 5.69 Å². The Hall–Kier alpha value is -3.14. The molecule has 3 fully saturated rings. The zero-order valence-corrected chi connectivity index (χ0v) is 20.3. The van der Waals surface area contributed by atoms with Crippen LogP contribution in [0.2, 0.25) is 0 Å². The number of rotatable bonds is 9. The molecule has 2 bridgehead atoms. The lowest BCUT2D eigenvalue weighted by atomic mass is 9.89. The molecule has 7 atom stereocenters. The lowest BCUT2D eigenvalue weighted by Gasteiger charge is -2.37. The van der Waals surface area contributed by atoms with Crippen LogP contribution in [0.25, 0.3) is 0 Å². The molecule has 0 spiro atoms. The molecule has 3 aromatic carbocycles. The van der Waals surface area contributed by atoms with Crippen molar-refractivity contribution in [3.05, 3.63) is 112 Å². The zero-order valence-electron chi connectivity index (χ0n) is 20.3. The fraction of sp³-hybridized carbons (Fsp3) is 0.379. The molecule has 192 valence electrons. The molecule has 0 unspecified atom stereocenters. The molecule has 3 saturated heterocycles. The first-order chi connectivity index (χ1) is 18.2. The maximum absolute atomic E-state index is 11.1. The molecule has 0 saturated carbocycles. The molecule has 0 N–H and O–H groups in total. The van der Waals surface area contributed by atoms with Crippen LogP contribution >= 0.6 is 0 Å². The molecule has 3 aliphatic heterocycles. The van der Waals surface area contributed by atoms with Crippen molar-refractivity contribution in [1.82, 2.24) is 0 Å². The zero-order chi connectivity index (χ0) is 25.2. The topological polar surface area (TPSA) is 89.3 Å². The Morgan fingerprint density at radius 2 is 1.49 bits per heavy atom. The highest BCUT2D eigenvalue weighted by molar-refractivity contribution is 5.34. The van der Waals surface area contributed by atoms with Gasteiger partial charge >= 0.3 is 0 Å². The van der Waals surface area contributed by atoms with E-state index in [1.165, 1.54) is 12.1 Å². The maximum atomic E-state index is 11.1. The summed E-state index contributed by atoms with van der Waals surface area (Å²) in [4.78, 5) is 10.7. The highest BCUT2D eigenvalue weighted by Gasteiger charge is 2.59. The predicted molar refractivity (Wildman–Crippen MR) is 133 cm³/mol. The van der Waals surface area contributed by atoms with Crippen molar-refractivity contribution in [3.63, 3.8) is 0 Å². The van der Waals surface area contributed by atoms with Gasteiger partial charge in [0.1, 0.15) is 18.3 Å². The Balaban J connectivity index is 1.17. The standard InChI is InChI=1S/C29H29NO7/c31-30(32)22-13-11-21(12-14-22)24-15-23-26(35-24)28(34-17-20-9-5-2-6-10-20)27-25(36-29(23)37-27)18-33-16-19-7-3-1-4-8-19/h1-14,23-29H,15-18H2/t23-,24-,25-,26+,27-,28-,29-/m1/s1. The molecule has 3 heterocycles. The van der Waals surface area contributed by atoms with Gasteiger partial charge in [0.25, 0.3) is 5.69 Å². The predicted octanol–water partition coefficient (Wildman–Crippen LogP) is 4.97. The van der Waals surface area contributed by atoms with E-state index in [0.717, 1.165) is 16.7 Å². The highest BCUT2D eigenvalue weighted by atomic mass is 16.8. The van der Waals surface area contributed by atoms with Crippen LogP contribution in [0.15, 0.2) is 84.9 Å². The van der Waals surface area contributed by atoms with E-state index in [1.54, 1.807) is 12.1 Å². The Labute approximate surface area is 215 Å². The van der Waals surface area contributed by atoms with Crippen molar-refractivity contribution in [2.45, 2.75) is 56.4 Å². The third-order valence-electron chi connectivity index (χ3n) is 7.35. The first-order valence-electron chi connectivity index (χ1n) is 12.6. The van der Waals surface area contributed by atoms with E-state index in [1.807, 2.05) is 60.7 Å². The quantitative estimate of drug-likeness (QED) is 0.301. The van der Waals surface area contributed by atoms with Crippen LogP contribution in [0.3, 0.4) is 0 Å². The van der Waals surface area contributed by atoms with Crippen LogP contribution in [0.5, 0.6) is 0 Å². The van der Waals surface area contributed by atoms with E-state index in [2.05, 4.69) is 0 Å². The minimum atomic E-state index is -0.403. The normalized spacial score (nSPS) is 30.2. The third kappa shape index (κ3) is 5.16. The summed E-state index contributed by atoms with van der Waals surface area (Å²) in [6.07, 6.45) is -1.06. The van der Waals surface area contributed by atoms with Gasteiger partial charge in [-0.15, -0.1) is 0 Å². The monoisotopic (exact) mass is 503 g/mol. The van der Waals surface area contributed by atoms with Gasteiger partial charge in [-0.3, -0.25) is 10.1 Å². The Bertz CT molecular complexity index is 1190. The molecule has 0 aliphatic carbocycles. The summed E-state index contributed by atoms with van der Waals surface area (Å²) in [5, 5.41) is 11.1. The van der Waals surface area contributed by atoms with Gasteiger partial charge in [-0.05, 0) is 35.2 Å². The number of ether oxygens (including phenoxy) is 5. The van der Waals surface area contributed by atoms with E-state index >= 15 is 0 Å². The minimum absolute atomic E-state index is 0.0173. The third-order valence-corrected chi connectivity index (χ3v) is 7.35. The average Bonchev–Trinajstić information content (AvgIpc) is 3.54. The number of nitro benzene ring substituents is 1. The molecule has 8 heteroatoms. The van der Waals surface area contributed by atoms with Gasteiger partial charge in [0, 0.05) is 18.1 Å². The summed E-state index contributed by atoms with van der Waals surface area (Å²) in [5.74, 6) is -0.0173. The molecule has 3 aliphatic rings. The molecule has 0 radical (unpaired) electrons. The molecule has 0 amide bonds. The van der Waals surface area contributed by atoms with E-state index < -0.39 is 11.2 Å². The smallest absolute Gasteiger partial charge is 0.269 e. The van der Waals surface area contributed by atoms with Gasteiger partial charge in [0.15, 0.2) is 6.29 Å². The second-order valence-electron chi connectivity index (χ2n) is 9.74. The van der Waals surface area contributed by atoms with Crippen molar-refractivity contribution in [2.24, 2.45) is 5.92 Å². The fourth-order valence-electron chi connectivity index (χ4n) is 5.50. The lowest BCUT2D eigenvalue weighted by molar-refractivity contribution is -0.384. The number of fused-ring (bicyclic) bond motifs is 4. The average molecular weight is 504 g/mol. The number of hydrogen-bond acceptors (Lipinski definition) is 7. The molecule has 8 nitrogen and oxygen atoms in total. The Kier molecular flexibility index (Phi) is 6.99. The van der Waals surface area contributed by atoms with Gasteiger partial charge in [0.2, 0.25) is 0 Å². The van der Waals surface area contributed by atoms with E-state index in [4.69, 9.17) is 23.7 Å². The van der Waals surface area contributed by atoms with E-state index in [9.17, 15) is 10.1 Å². The fourth-order valence-corrected chi connectivity index (χ4v) is 5.50. The summed E-state index contributed by atoms with van der Waals surface area (Å²) in [6, 6.07) is 26.6. The number of nitrogens with zero attached hydrogens (tertiary/aromatic N) is 1. The van der Waals surface area contributed by atoms with Gasteiger partial charge in [-0.2, -0.15) is 0 Å². The van der Waals surface area contributed by atoms with Crippen LogP contribution in [0.1, 0.15) is 29.2 Å². The summed E-state index contributed by atoms with van der Waals surface area (Å²) in [7, 11) is 0. The van der Waals surface area contributed by atoms with Crippen molar-refractivity contribution in [2.75, 3.05) is 6.61 Å². The number of non-ortho nitro benzene ring substituents is 1. The van der Waals surface area contributed by atoms with Gasteiger partial charge < -0.3 is 23.7 Å².